The van der Waals surface area contributed by atoms with Crippen LogP contribution in [0, 0.1) is 0 Å². The number of sulfonamides is 1. The summed E-state index contributed by atoms with van der Waals surface area (Å²) in [4.78, 5) is 7.49. The average molecular weight is 331 g/mol. The first kappa shape index (κ1) is 15.7. The summed E-state index contributed by atoms with van der Waals surface area (Å²) in [6.45, 7) is 1.85. The second kappa shape index (κ2) is 5.77. The molecule has 2 aromatic heterocycles. The number of aromatic nitrogens is 2. The molecule has 0 saturated heterocycles. The number of hydrogen-bond donors (Lipinski definition) is 3. The lowest BCUT2D eigenvalue weighted by Gasteiger charge is -2.10. The SMILES string of the molecule is CCc1c[nH]c2ncc(-c3cc(S(N)(=O)=O)ccc3CO)cc12. The van der Waals surface area contributed by atoms with E-state index in [4.69, 9.17) is 5.14 Å². The predicted molar refractivity (Wildman–Crippen MR) is 88.2 cm³/mol. The van der Waals surface area contributed by atoms with Crippen molar-refractivity contribution in [2.45, 2.75) is 24.8 Å². The van der Waals surface area contributed by atoms with Gasteiger partial charge in [-0.1, -0.05) is 13.0 Å². The van der Waals surface area contributed by atoms with E-state index in [0.29, 0.717) is 11.1 Å². The number of nitrogens with zero attached hydrogens (tertiary/aromatic N) is 1. The number of rotatable bonds is 4. The Balaban J connectivity index is 2.24. The number of nitrogens with two attached hydrogens (primary N) is 1. The fraction of sp³-hybridized carbons (Fsp3) is 0.188. The van der Waals surface area contributed by atoms with Crippen molar-refractivity contribution in [1.29, 1.82) is 0 Å². The van der Waals surface area contributed by atoms with E-state index in [9.17, 15) is 13.5 Å². The van der Waals surface area contributed by atoms with Crippen LogP contribution < -0.4 is 5.14 Å². The third-order valence-corrected chi connectivity index (χ3v) is 4.80. The molecule has 1 aromatic carbocycles. The molecule has 0 radical (unpaired) electrons. The first-order valence-corrected chi connectivity index (χ1v) is 8.71. The summed E-state index contributed by atoms with van der Waals surface area (Å²) < 4.78 is 23.2. The third-order valence-electron chi connectivity index (χ3n) is 3.89. The Hall–Kier alpha value is -2.22. The van der Waals surface area contributed by atoms with E-state index in [-0.39, 0.29) is 11.5 Å². The van der Waals surface area contributed by atoms with Crippen LogP contribution in [0.3, 0.4) is 0 Å². The molecule has 23 heavy (non-hydrogen) atoms. The average Bonchev–Trinajstić information content (AvgIpc) is 2.95. The number of primary sulfonamides is 1. The number of aryl methyl sites for hydroxylation is 1. The van der Waals surface area contributed by atoms with Crippen LogP contribution in [-0.4, -0.2) is 23.5 Å². The minimum absolute atomic E-state index is 0.00887. The van der Waals surface area contributed by atoms with Crippen LogP contribution in [-0.2, 0) is 23.1 Å². The van der Waals surface area contributed by atoms with Crippen LogP contribution in [0.25, 0.3) is 22.2 Å². The van der Waals surface area contributed by atoms with Crippen LogP contribution in [0.1, 0.15) is 18.1 Å². The Bertz CT molecular complexity index is 977. The Labute approximate surface area is 134 Å². The normalized spacial score (nSPS) is 12.0. The third kappa shape index (κ3) is 2.86. The topological polar surface area (TPSA) is 109 Å². The standard InChI is InChI=1S/C16H17N3O3S/c1-2-10-7-18-16-15(10)5-12(8-19-16)14-6-13(23(17,21)22)4-3-11(14)9-20/h3-8,20H,2,9H2,1H3,(H,18,19)(H2,17,21,22). The number of aromatic amines is 1. The highest BCUT2D eigenvalue weighted by Crippen LogP contribution is 2.29. The molecule has 120 valence electrons. The molecule has 0 aliphatic rings. The van der Waals surface area contributed by atoms with E-state index in [1.54, 1.807) is 12.3 Å². The maximum absolute atomic E-state index is 11.6. The molecule has 6 nitrogen and oxygen atoms in total. The minimum atomic E-state index is -3.81. The quantitative estimate of drug-likeness (QED) is 0.678. The summed E-state index contributed by atoms with van der Waals surface area (Å²) in [5.74, 6) is 0. The summed E-state index contributed by atoms with van der Waals surface area (Å²) in [7, 11) is -3.81. The molecule has 0 aliphatic heterocycles. The molecular formula is C16H17N3O3S. The van der Waals surface area contributed by atoms with Gasteiger partial charge >= 0.3 is 0 Å². The van der Waals surface area contributed by atoms with Gasteiger partial charge in [0.25, 0.3) is 0 Å². The fourth-order valence-corrected chi connectivity index (χ4v) is 3.18. The summed E-state index contributed by atoms with van der Waals surface area (Å²) >= 11 is 0. The van der Waals surface area contributed by atoms with Gasteiger partial charge in [-0.25, -0.2) is 18.5 Å². The lowest BCUT2D eigenvalue weighted by molar-refractivity contribution is 0.282. The van der Waals surface area contributed by atoms with Gasteiger partial charge in [-0.2, -0.15) is 0 Å². The molecule has 7 heteroatoms. The first-order chi connectivity index (χ1) is 10.9. The fourth-order valence-electron chi connectivity index (χ4n) is 2.64. The van der Waals surface area contributed by atoms with Crippen molar-refractivity contribution in [2.24, 2.45) is 5.14 Å². The van der Waals surface area contributed by atoms with Gasteiger partial charge in [0.2, 0.25) is 10.0 Å². The van der Waals surface area contributed by atoms with Crippen molar-refractivity contribution in [3.63, 3.8) is 0 Å². The van der Waals surface area contributed by atoms with Crippen molar-refractivity contribution in [2.75, 3.05) is 0 Å². The number of nitrogens with one attached hydrogen (secondary N) is 1. The van der Waals surface area contributed by atoms with E-state index >= 15 is 0 Å². The van der Waals surface area contributed by atoms with E-state index in [0.717, 1.165) is 28.6 Å². The summed E-state index contributed by atoms with van der Waals surface area (Å²) in [6, 6.07) is 6.38. The number of H-pyrrole nitrogens is 1. The maximum Gasteiger partial charge on any atom is 0.238 e. The monoisotopic (exact) mass is 331 g/mol. The molecular weight excluding hydrogens is 314 g/mol. The van der Waals surface area contributed by atoms with Crippen LogP contribution in [0.5, 0.6) is 0 Å². The molecule has 0 spiro atoms. The summed E-state index contributed by atoms with van der Waals surface area (Å²) in [5, 5.41) is 15.7. The zero-order valence-electron chi connectivity index (χ0n) is 12.6. The number of aliphatic hydroxyl groups excluding tert-OH is 1. The molecule has 0 amide bonds. The van der Waals surface area contributed by atoms with Gasteiger partial charge in [-0.05, 0) is 41.3 Å². The van der Waals surface area contributed by atoms with Gasteiger partial charge < -0.3 is 10.1 Å². The molecule has 0 bridgehead atoms. The van der Waals surface area contributed by atoms with Crippen LogP contribution in [0.4, 0.5) is 0 Å². The highest BCUT2D eigenvalue weighted by molar-refractivity contribution is 7.89. The molecule has 4 N–H and O–H groups in total. The highest BCUT2D eigenvalue weighted by Gasteiger charge is 2.14. The largest absolute Gasteiger partial charge is 0.392 e. The Kier molecular flexibility index (Phi) is 3.93. The van der Waals surface area contributed by atoms with E-state index in [1.807, 2.05) is 12.3 Å². The zero-order chi connectivity index (χ0) is 16.6. The van der Waals surface area contributed by atoms with Gasteiger partial charge in [0.05, 0.1) is 11.5 Å². The van der Waals surface area contributed by atoms with E-state index < -0.39 is 10.0 Å². The Morgan fingerprint density at radius 2 is 2.04 bits per heavy atom. The zero-order valence-corrected chi connectivity index (χ0v) is 13.4. The van der Waals surface area contributed by atoms with Crippen LogP contribution in [0.15, 0.2) is 41.6 Å². The maximum atomic E-state index is 11.6. The van der Waals surface area contributed by atoms with Crippen molar-refractivity contribution >= 4 is 21.1 Å². The van der Waals surface area contributed by atoms with Crippen molar-refractivity contribution in [3.05, 3.63) is 47.8 Å². The Morgan fingerprint density at radius 1 is 1.26 bits per heavy atom. The molecule has 0 unspecified atom stereocenters. The number of aliphatic hydroxyl groups is 1. The van der Waals surface area contributed by atoms with E-state index in [2.05, 4.69) is 16.9 Å². The molecule has 0 aliphatic carbocycles. The predicted octanol–water partition coefficient (Wildman–Crippen LogP) is 1.93. The smallest absolute Gasteiger partial charge is 0.238 e. The van der Waals surface area contributed by atoms with Gasteiger partial charge in [-0.3, -0.25) is 0 Å². The first-order valence-electron chi connectivity index (χ1n) is 7.17. The van der Waals surface area contributed by atoms with Crippen molar-refractivity contribution in [1.82, 2.24) is 9.97 Å². The molecule has 3 aromatic rings. The number of hydrogen-bond acceptors (Lipinski definition) is 4. The lowest BCUT2D eigenvalue weighted by atomic mass is 10.00. The van der Waals surface area contributed by atoms with Crippen LogP contribution in [0.2, 0.25) is 0 Å². The van der Waals surface area contributed by atoms with Crippen molar-refractivity contribution in [3.8, 4) is 11.1 Å². The Morgan fingerprint density at radius 3 is 2.70 bits per heavy atom. The van der Waals surface area contributed by atoms with Gasteiger partial charge in [0, 0.05) is 23.3 Å². The number of fused-ring (bicyclic) bond motifs is 1. The summed E-state index contributed by atoms with van der Waals surface area (Å²) in [6.07, 6.45) is 4.42. The molecule has 2 heterocycles. The van der Waals surface area contributed by atoms with Crippen LogP contribution >= 0.6 is 0 Å². The lowest BCUT2D eigenvalue weighted by Crippen LogP contribution is -2.12. The second-order valence-electron chi connectivity index (χ2n) is 5.31. The molecule has 3 rings (SSSR count). The number of benzene rings is 1. The minimum Gasteiger partial charge on any atom is -0.392 e. The number of pyridine rings is 1. The molecule has 0 fully saturated rings. The van der Waals surface area contributed by atoms with Gasteiger partial charge in [-0.15, -0.1) is 0 Å². The van der Waals surface area contributed by atoms with Crippen molar-refractivity contribution < 1.29 is 13.5 Å². The second-order valence-corrected chi connectivity index (χ2v) is 6.87. The molecule has 0 saturated carbocycles. The highest BCUT2D eigenvalue weighted by atomic mass is 32.2. The van der Waals surface area contributed by atoms with Gasteiger partial charge in [0.15, 0.2) is 0 Å². The van der Waals surface area contributed by atoms with E-state index in [1.165, 1.54) is 12.1 Å². The molecule has 0 atom stereocenters. The van der Waals surface area contributed by atoms with Gasteiger partial charge in [0.1, 0.15) is 5.65 Å². The summed E-state index contributed by atoms with van der Waals surface area (Å²) in [5.41, 5.74) is 3.87.